The molecule has 0 spiro atoms. The molecule has 1 fully saturated rings. The van der Waals surface area contributed by atoms with Gasteiger partial charge in [-0.05, 0) is 31.2 Å². The molecule has 6 nitrogen and oxygen atoms in total. The summed E-state index contributed by atoms with van der Waals surface area (Å²) in [7, 11) is 0. The number of aliphatic imine (C=N–C) groups is 1. The van der Waals surface area contributed by atoms with E-state index in [0.717, 1.165) is 5.69 Å². The molecule has 0 radical (unpaired) electrons. The number of nitrogens with one attached hydrogen (secondary N) is 2. The molecule has 0 unspecified atom stereocenters. The largest absolute Gasteiger partial charge is 0.326 e. The molecule has 2 N–H and O–H groups in total. The predicted octanol–water partition coefficient (Wildman–Crippen LogP) is 3.14. The second kappa shape index (κ2) is 7.97. The highest BCUT2D eigenvalue weighted by atomic mass is 32.2. The van der Waals surface area contributed by atoms with Gasteiger partial charge in [0.05, 0.1) is 5.69 Å². The Balaban J connectivity index is 1.61. The number of para-hydroxylation sites is 1. The lowest BCUT2D eigenvalue weighted by Crippen LogP contribution is -2.28. The predicted molar refractivity (Wildman–Crippen MR) is 103 cm³/mol. The zero-order valence-corrected chi connectivity index (χ0v) is 14.9. The average Bonchev–Trinajstić information content (AvgIpc) is 2.95. The summed E-state index contributed by atoms with van der Waals surface area (Å²) in [5, 5.41) is 5.37. The maximum absolute atomic E-state index is 12.2. The second-order valence-corrected chi connectivity index (χ2v) is 6.93. The van der Waals surface area contributed by atoms with Gasteiger partial charge in [-0.1, -0.05) is 42.1 Å². The van der Waals surface area contributed by atoms with Crippen molar-refractivity contribution in [3.8, 4) is 0 Å². The van der Waals surface area contributed by atoms with E-state index in [1.165, 1.54) is 18.7 Å². The van der Waals surface area contributed by atoms with Crippen molar-refractivity contribution in [2.24, 2.45) is 4.99 Å². The summed E-state index contributed by atoms with van der Waals surface area (Å²) in [4.78, 5) is 40.1. The summed E-state index contributed by atoms with van der Waals surface area (Å²) >= 11 is 1.23. The van der Waals surface area contributed by atoms with Gasteiger partial charge >= 0.3 is 0 Å². The van der Waals surface area contributed by atoms with Crippen LogP contribution in [0.4, 0.5) is 11.4 Å². The molecule has 3 rings (SSSR count). The van der Waals surface area contributed by atoms with Crippen LogP contribution < -0.4 is 10.6 Å². The quantitative estimate of drug-likeness (QED) is 0.795. The molecule has 1 aliphatic rings. The van der Waals surface area contributed by atoms with Gasteiger partial charge in [-0.2, -0.15) is 0 Å². The number of carbonyl (C=O) groups is 3. The zero-order valence-electron chi connectivity index (χ0n) is 14.1. The number of benzene rings is 2. The number of anilines is 1. The lowest BCUT2D eigenvalue weighted by Gasteiger charge is -2.08. The fourth-order valence-corrected chi connectivity index (χ4v) is 3.40. The van der Waals surface area contributed by atoms with Crippen LogP contribution in [-0.2, 0) is 9.59 Å². The number of amides is 2. The van der Waals surface area contributed by atoms with Crippen molar-refractivity contribution in [1.82, 2.24) is 5.32 Å². The van der Waals surface area contributed by atoms with Crippen LogP contribution in [-0.4, -0.2) is 28.0 Å². The van der Waals surface area contributed by atoms with Gasteiger partial charge in [0, 0.05) is 17.7 Å². The smallest absolute Gasteiger partial charge is 0.240 e. The molecule has 0 aliphatic carbocycles. The van der Waals surface area contributed by atoms with E-state index in [1.54, 1.807) is 24.3 Å². The first-order valence-electron chi connectivity index (χ1n) is 8.03. The maximum atomic E-state index is 12.2. The molecule has 26 heavy (non-hydrogen) atoms. The highest BCUT2D eigenvalue weighted by molar-refractivity contribution is 8.15. The van der Waals surface area contributed by atoms with Gasteiger partial charge in [0.25, 0.3) is 0 Å². The fourth-order valence-electron chi connectivity index (χ4n) is 2.41. The van der Waals surface area contributed by atoms with Gasteiger partial charge in [0.1, 0.15) is 5.25 Å². The van der Waals surface area contributed by atoms with E-state index in [1.807, 2.05) is 30.3 Å². The molecular formula is C19H17N3O3S. The van der Waals surface area contributed by atoms with Crippen LogP contribution in [0.2, 0.25) is 0 Å². The SMILES string of the molecule is CC(=O)c1cccc(NC(=O)C[C@@H]2SC(=Nc3ccccc3)NC2=O)c1. The number of ketones is 1. The minimum absolute atomic E-state index is 0.0224. The molecule has 0 bridgehead atoms. The molecule has 132 valence electrons. The van der Waals surface area contributed by atoms with E-state index >= 15 is 0 Å². The number of amidine groups is 1. The number of hydrogen-bond donors (Lipinski definition) is 2. The molecule has 0 aromatic heterocycles. The standard InChI is InChI=1S/C19H17N3O3S/c1-12(23)13-6-5-9-15(10-13)20-17(24)11-16-18(25)22-19(26-16)21-14-7-3-2-4-8-14/h2-10,16H,11H2,1H3,(H,20,24)(H,21,22,25)/t16-/m0/s1. The summed E-state index contributed by atoms with van der Waals surface area (Å²) in [5.41, 5.74) is 1.79. The molecule has 7 heteroatoms. The van der Waals surface area contributed by atoms with Gasteiger partial charge < -0.3 is 10.6 Å². The van der Waals surface area contributed by atoms with Crippen molar-refractivity contribution in [2.45, 2.75) is 18.6 Å². The monoisotopic (exact) mass is 367 g/mol. The maximum Gasteiger partial charge on any atom is 0.240 e. The molecule has 1 saturated heterocycles. The van der Waals surface area contributed by atoms with E-state index in [0.29, 0.717) is 16.4 Å². The van der Waals surface area contributed by atoms with Gasteiger partial charge in [-0.3, -0.25) is 14.4 Å². The van der Waals surface area contributed by atoms with Crippen LogP contribution in [0, 0.1) is 0 Å². The molecule has 2 aromatic rings. The molecule has 0 saturated carbocycles. The van der Waals surface area contributed by atoms with Crippen LogP contribution >= 0.6 is 11.8 Å². The number of carbonyl (C=O) groups excluding carboxylic acids is 3. The van der Waals surface area contributed by atoms with Crippen LogP contribution in [0.3, 0.4) is 0 Å². The number of nitrogens with zero attached hydrogens (tertiary/aromatic N) is 1. The van der Waals surface area contributed by atoms with E-state index in [2.05, 4.69) is 15.6 Å². The normalized spacial score (nSPS) is 17.8. The Morgan fingerprint density at radius 2 is 1.92 bits per heavy atom. The number of hydrogen-bond acceptors (Lipinski definition) is 5. The third-order valence-corrected chi connectivity index (χ3v) is 4.77. The highest BCUT2D eigenvalue weighted by Gasteiger charge is 2.32. The Kier molecular flexibility index (Phi) is 5.48. The lowest BCUT2D eigenvalue weighted by atomic mass is 10.1. The summed E-state index contributed by atoms with van der Waals surface area (Å²) < 4.78 is 0. The number of rotatable bonds is 5. The lowest BCUT2D eigenvalue weighted by molar-refractivity contribution is -0.122. The topological polar surface area (TPSA) is 87.6 Å². The van der Waals surface area contributed by atoms with Gasteiger partial charge in [0.15, 0.2) is 11.0 Å². The third-order valence-electron chi connectivity index (χ3n) is 3.69. The summed E-state index contributed by atoms with van der Waals surface area (Å²) in [6, 6.07) is 16.0. The van der Waals surface area contributed by atoms with E-state index in [4.69, 9.17) is 0 Å². The summed E-state index contributed by atoms with van der Waals surface area (Å²) in [6.07, 6.45) is 0.0224. The first kappa shape index (κ1) is 17.9. The molecular weight excluding hydrogens is 350 g/mol. The second-order valence-electron chi connectivity index (χ2n) is 5.74. The van der Waals surface area contributed by atoms with Gasteiger partial charge in [-0.25, -0.2) is 4.99 Å². The van der Waals surface area contributed by atoms with E-state index in [-0.39, 0.29) is 24.0 Å². The minimum atomic E-state index is -0.534. The first-order chi connectivity index (χ1) is 12.5. The van der Waals surface area contributed by atoms with Crippen molar-refractivity contribution in [3.05, 3.63) is 60.2 Å². The van der Waals surface area contributed by atoms with Crippen LogP contribution in [0.25, 0.3) is 0 Å². The van der Waals surface area contributed by atoms with Crippen molar-refractivity contribution < 1.29 is 14.4 Å². The van der Waals surface area contributed by atoms with Crippen LogP contribution in [0.1, 0.15) is 23.7 Å². The van der Waals surface area contributed by atoms with Crippen LogP contribution in [0.15, 0.2) is 59.6 Å². The fraction of sp³-hybridized carbons (Fsp3) is 0.158. The average molecular weight is 367 g/mol. The molecule has 2 amide bonds. The Hall–Kier alpha value is -2.93. The summed E-state index contributed by atoms with van der Waals surface area (Å²) in [6.45, 7) is 1.47. The number of Topliss-reactive ketones (excluding diaryl/α,β-unsaturated/α-hetero) is 1. The van der Waals surface area contributed by atoms with Crippen molar-refractivity contribution in [1.29, 1.82) is 0 Å². The van der Waals surface area contributed by atoms with E-state index in [9.17, 15) is 14.4 Å². The molecule has 1 heterocycles. The van der Waals surface area contributed by atoms with Gasteiger partial charge in [-0.15, -0.1) is 0 Å². The first-order valence-corrected chi connectivity index (χ1v) is 8.91. The van der Waals surface area contributed by atoms with Crippen molar-refractivity contribution >= 4 is 45.9 Å². The minimum Gasteiger partial charge on any atom is -0.326 e. The zero-order chi connectivity index (χ0) is 18.5. The molecule has 2 aromatic carbocycles. The number of thioether (sulfide) groups is 1. The third kappa shape index (κ3) is 4.58. The summed E-state index contributed by atoms with van der Waals surface area (Å²) in [5.74, 6) is -0.606. The van der Waals surface area contributed by atoms with Crippen LogP contribution in [0.5, 0.6) is 0 Å². The molecule has 1 aliphatic heterocycles. The van der Waals surface area contributed by atoms with Crippen molar-refractivity contribution in [2.75, 3.05) is 5.32 Å². The van der Waals surface area contributed by atoms with Gasteiger partial charge in [0.2, 0.25) is 11.8 Å². The Bertz CT molecular complexity index is 881. The van der Waals surface area contributed by atoms with Crippen molar-refractivity contribution in [3.63, 3.8) is 0 Å². The Morgan fingerprint density at radius 1 is 1.15 bits per heavy atom. The molecule has 1 atom stereocenters. The Labute approximate surface area is 155 Å². The highest BCUT2D eigenvalue weighted by Crippen LogP contribution is 2.25. The van der Waals surface area contributed by atoms with E-state index < -0.39 is 5.25 Å². The Morgan fingerprint density at radius 3 is 2.65 bits per heavy atom.